The molecule has 0 amide bonds. The van der Waals surface area contributed by atoms with E-state index in [9.17, 15) is 4.79 Å². The number of aromatic nitrogens is 3. The quantitative estimate of drug-likeness (QED) is 0.608. The first-order valence-corrected chi connectivity index (χ1v) is 7.63. The van der Waals surface area contributed by atoms with Crippen LogP contribution in [0.15, 0.2) is 22.6 Å². The summed E-state index contributed by atoms with van der Waals surface area (Å²) in [6.45, 7) is 2.53. The van der Waals surface area contributed by atoms with Crippen molar-refractivity contribution in [2.45, 2.75) is 38.6 Å². The average Bonchev–Trinajstić information content (AvgIpc) is 2.84. The molecule has 0 spiro atoms. The van der Waals surface area contributed by atoms with E-state index in [1.54, 1.807) is 28.3 Å². The highest BCUT2D eigenvalue weighted by Gasteiger charge is 2.02. The maximum atomic E-state index is 11.6. The molecule has 2 aromatic heterocycles. The van der Waals surface area contributed by atoms with Crippen molar-refractivity contribution < 1.29 is 0 Å². The fraction of sp³-hybridized carbons (Fsp3) is 0.462. The van der Waals surface area contributed by atoms with Gasteiger partial charge in [0.1, 0.15) is 0 Å². The lowest BCUT2D eigenvalue weighted by Crippen LogP contribution is -2.20. The first-order chi connectivity index (χ1) is 9.19. The second kappa shape index (κ2) is 6.82. The standard InChI is InChI=1S/C13H16ClN3OS/c1-10-6-13(18)17(9-15-10)5-3-2-4-12-16-11(7-14)8-19-12/h6,8-9H,2-5,7H2,1H3. The molecule has 2 rings (SSSR count). The average molecular weight is 298 g/mol. The third-order valence-electron chi connectivity index (χ3n) is 2.79. The van der Waals surface area contributed by atoms with E-state index < -0.39 is 0 Å². The minimum absolute atomic E-state index is 0.0196. The van der Waals surface area contributed by atoms with Crippen molar-refractivity contribution in [2.24, 2.45) is 0 Å². The highest BCUT2D eigenvalue weighted by atomic mass is 35.5. The lowest BCUT2D eigenvalue weighted by Gasteiger charge is -2.04. The fourth-order valence-corrected chi connectivity index (χ4v) is 2.84. The van der Waals surface area contributed by atoms with E-state index in [0.29, 0.717) is 12.4 Å². The van der Waals surface area contributed by atoms with E-state index in [1.165, 1.54) is 0 Å². The van der Waals surface area contributed by atoms with Gasteiger partial charge in [0.2, 0.25) is 0 Å². The minimum atomic E-state index is 0.0196. The van der Waals surface area contributed by atoms with Crippen LogP contribution in [0, 0.1) is 6.92 Å². The van der Waals surface area contributed by atoms with Crippen LogP contribution in [0.25, 0.3) is 0 Å². The van der Waals surface area contributed by atoms with E-state index in [0.717, 1.165) is 35.7 Å². The first kappa shape index (κ1) is 14.2. The SMILES string of the molecule is Cc1cc(=O)n(CCCCc2nc(CCl)cs2)cn1. The van der Waals surface area contributed by atoms with Gasteiger partial charge in [-0.1, -0.05) is 0 Å². The van der Waals surface area contributed by atoms with Gasteiger partial charge in [0.15, 0.2) is 0 Å². The molecule has 6 heteroatoms. The van der Waals surface area contributed by atoms with E-state index >= 15 is 0 Å². The van der Waals surface area contributed by atoms with Crippen molar-refractivity contribution in [3.63, 3.8) is 0 Å². The number of alkyl halides is 1. The summed E-state index contributed by atoms with van der Waals surface area (Å²) in [6.07, 6.45) is 4.51. The molecule has 0 aliphatic heterocycles. The number of thiazole rings is 1. The van der Waals surface area contributed by atoms with Crippen LogP contribution in [-0.4, -0.2) is 14.5 Å². The summed E-state index contributed by atoms with van der Waals surface area (Å²) in [7, 11) is 0. The summed E-state index contributed by atoms with van der Waals surface area (Å²) in [5, 5.41) is 3.11. The van der Waals surface area contributed by atoms with Gasteiger partial charge in [-0.25, -0.2) is 9.97 Å². The summed E-state index contributed by atoms with van der Waals surface area (Å²) >= 11 is 7.36. The molecule has 0 fully saturated rings. The molecule has 2 aromatic rings. The normalized spacial score (nSPS) is 10.8. The van der Waals surface area contributed by atoms with Crippen LogP contribution in [0.1, 0.15) is 29.2 Å². The summed E-state index contributed by atoms with van der Waals surface area (Å²) in [5.41, 5.74) is 1.73. The summed E-state index contributed by atoms with van der Waals surface area (Å²) in [4.78, 5) is 20.2. The van der Waals surface area contributed by atoms with E-state index in [-0.39, 0.29) is 5.56 Å². The minimum Gasteiger partial charge on any atom is -0.299 e. The van der Waals surface area contributed by atoms with Gasteiger partial charge in [0, 0.05) is 23.7 Å². The molecular formula is C13H16ClN3OS. The Bertz CT molecular complexity index is 594. The number of rotatable bonds is 6. The second-order valence-corrected chi connectivity index (χ2v) is 5.60. The van der Waals surface area contributed by atoms with Crippen LogP contribution < -0.4 is 5.56 Å². The summed E-state index contributed by atoms with van der Waals surface area (Å²) in [5.74, 6) is 0.473. The van der Waals surface area contributed by atoms with Crippen molar-refractivity contribution >= 4 is 22.9 Å². The van der Waals surface area contributed by atoms with E-state index in [4.69, 9.17) is 11.6 Å². The summed E-state index contributed by atoms with van der Waals surface area (Å²) in [6, 6.07) is 1.56. The Kier molecular flexibility index (Phi) is 5.10. The zero-order valence-electron chi connectivity index (χ0n) is 10.8. The number of aryl methyl sites for hydroxylation is 3. The van der Waals surface area contributed by atoms with Crippen LogP contribution in [0.4, 0.5) is 0 Å². The van der Waals surface area contributed by atoms with Gasteiger partial charge < -0.3 is 0 Å². The molecule has 102 valence electrons. The molecule has 2 heterocycles. The van der Waals surface area contributed by atoms with Crippen molar-refractivity contribution in [1.82, 2.24) is 14.5 Å². The molecule has 0 N–H and O–H groups in total. The molecule has 0 radical (unpaired) electrons. The Balaban J connectivity index is 1.79. The predicted octanol–water partition coefficient (Wildman–Crippen LogP) is 2.77. The fourth-order valence-electron chi connectivity index (χ4n) is 1.77. The Morgan fingerprint density at radius 2 is 2.26 bits per heavy atom. The van der Waals surface area contributed by atoms with Crippen molar-refractivity contribution in [1.29, 1.82) is 0 Å². The van der Waals surface area contributed by atoms with Gasteiger partial charge in [-0.15, -0.1) is 22.9 Å². The predicted molar refractivity (Wildman–Crippen MR) is 77.8 cm³/mol. The number of nitrogens with zero attached hydrogens (tertiary/aromatic N) is 3. The van der Waals surface area contributed by atoms with Crippen molar-refractivity contribution in [2.75, 3.05) is 0 Å². The van der Waals surface area contributed by atoms with Crippen molar-refractivity contribution in [3.8, 4) is 0 Å². The Morgan fingerprint density at radius 3 is 2.95 bits per heavy atom. The van der Waals surface area contributed by atoms with E-state index in [1.807, 2.05) is 12.3 Å². The van der Waals surface area contributed by atoms with Crippen LogP contribution in [0.5, 0.6) is 0 Å². The molecule has 4 nitrogen and oxygen atoms in total. The van der Waals surface area contributed by atoms with Gasteiger partial charge >= 0.3 is 0 Å². The number of hydrogen-bond acceptors (Lipinski definition) is 4. The van der Waals surface area contributed by atoms with Crippen molar-refractivity contribution in [3.05, 3.63) is 44.5 Å². The molecule has 0 saturated carbocycles. The molecule has 19 heavy (non-hydrogen) atoms. The lowest BCUT2D eigenvalue weighted by molar-refractivity contribution is 0.583. The monoisotopic (exact) mass is 297 g/mol. The van der Waals surface area contributed by atoms with Crippen LogP contribution in [0.2, 0.25) is 0 Å². The van der Waals surface area contributed by atoms with Crippen LogP contribution >= 0.6 is 22.9 Å². The number of hydrogen-bond donors (Lipinski definition) is 0. The molecule has 0 atom stereocenters. The molecule has 0 aliphatic carbocycles. The molecular weight excluding hydrogens is 282 g/mol. The summed E-state index contributed by atoms with van der Waals surface area (Å²) < 4.78 is 1.65. The highest BCUT2D eigenvalue weighted by molar-refractivity contribution is 7.09. The smallest absolute Gasteiger partial charge is 0.253 e. The molecule has 0 aromatic carbocycles. The number of halogens is 1. The highest BCUT2D eigenvalue weighted by Crippen LogP contribution is 2.14. The third kappa shape index (κ3) is 4.14. The van der Waals surface area contributed by atoms with Crippen LogP contribution in [0.3, 0.4) is 0 Å². The molecule has 0 aliphatic rings. The maximum absolute atomic E-state index is 11.6. The largest absolute Gasteiger partial charge is 0.299 e. The second-order valence-electron chi connectivity index (χ2n) is 4.39. The Labute approximate surface area is 121 Å². The van der Waals surface area contributed by atoms with Gasteiger partial charge in [0.05, 0.1) is 22.9 Å². The molecule has 0 saturated heterocycles. The first-order valence-electron chi connectivity index (χ1n) is 6.21. The third-order valence-corrected chi connectivity index (χ3v) is 4.02. The van der Waals surface area contributed by atoms with Gasteiger partial charge in [-0.2, -0.15) is 0 Å². The Morgan fingerprint density at radius 1 is 1.42 bits per heavy atom. The lowest BCUT2D eigenvalue weighted by atomic mass is 10.2. The zero-order chi connectivity index (χ0) is 13.7. The maximum Gasteiger partial charge on any atom is 0.253 e. The van der Waals surface area contributed by atoms with Crippen LogP contribution in [-0.2, 0) is 18.8 Å². The molecule has 0 bridgehead atoms. The molecule has 0 unspecified atom stereocenters. The van der Waals surface area contributed by atoms with Gasteiger partial charge in [-0.3, -0.25) is 9.36 Å². The number of unbranched alkanes of at least 4 members (excludes halogenated alkanes) is 1. The Hall–Kier alpha value is -1.20. The topological polar surface area (TPSA) is 47.8 Å². The zero-order valence-corrected chi connectivity index (χ0v) is 12.4. The van der Waals surface area contributed by atoms with Gasteiger partial charge in [-0.05, 0) is 26.2 Å². The van der Waals surface area contributed by atoms with E-state index in [2.05, 4.69) is 9.97 Å². The van der Waals surface area contributed by atoms with Gasteiger partial charge in [0.25, 0.3) is 5.56 Å².